The molecule has 1 atom stereocenters. The number of rotatable bonds is 6. The average Bonchev–Trinajstić information content (AvgIpc) is 2.87. The fourth-order valence-electron chi connectivity index (χ4n) is 4.85. The molecule has 3 aromatic rings. The molecular formula is C28H32N2O4. The van der Waals surface area contributed by atoms with Crippen LogP contribution in [0.5, 0.6) is 11.5 Å². The maximum Gasteiger partial charge on any atom is 0.254 e. The van der Waals surface area contributed by atoms with Crippen molar-refractivity contribution in [1.29, 1.82) is 0 Å². The predicted molar refractivity (Wildman–Crippen MR) is 133 cm³/mol. The molecule has 0 aliphatic carbocycles. The van der Waals surface area contributed by atoms with Crippen molar-refractivity contribution in [2.24, 2.45) is 5.92 Å². The van der Waals surface area contributed by atoms with Crippen LogP contribution in [-0.2, 0) is 11.3 Å². The molecule has 1 heterocycles. The van der Waals surface area contributed by atoms with Gasteiger partial charge in [-0.3, -0.25) is 9.59 Å². The number of hydrogen-bond donors (Lipinski definition) is 0. The SMILES string of the molecule is COc1ccc(C)cc1CN(C)C(=O)[C@@H]1CCCN(C(=O)c2ccc(OC)c3ccccc23)C1. The molecule has 0 saturated carbocycles. The number of nitrogens with zero attached hydrogens (tertiary/aromatic N) is 2. The molecule has 0 N–H and O–H groups in total. The molecule has 0 radical (unpaired) electrons. The second-order valence-corrected chi connectivity index (χ2v) is 8.96. The zero-order valence-electron chi connectivity index (χ0n) is 20.3. The molecule has 34 heavy (non-hydrogen) atoms. The summed E-state index contributed by atoms with van der Waals surface area (Å²) < 4.78 is 10.9. The summed E-state index contributed by atoms with van der Waals surface area (Å²) in [4.78, 5) is 30.4. The van der Waals surface area contributed by atoms with Crippen molar-refractivity contribution in [2.75, 3.05) is 34.4 Å². The van der Waals surface area contributed by atoms with Gasteiger partial charge in [-0.25, -0.2) is 0 Å². The number of ether oxygens (including phenoxy) is 2. The molecular weight excluding hydrogens is 428 g/mol. The van der Waals surface area contributed by atoms with E-state index in [0.717, 1.165) is 46.2 Å². The Hall–Kier alpha value is -3.54. The number of benzene rings is 3. The molecule has 1 saturated heterocycles. The quantitative estimate of drug-likeness (QED) is 0.536. The maximum atomic E-state index is 13.5. The van der Waals surface area contributed by atoms with Crippen molar-refractivity contribution in [3.63, 3.8) is 0 Å². The fraction of sp³-hybridized carbons (Fsp3) is 0.357. The molecule has 1 aliphatic heterocycles. The van der Waals surface area contributed by atoms with E-state index in [1.165, 1.54) is 0 Å². The van der Waals surface area contributed by atoms with Gasteiger partial charge in [-0.15, -0.1) is 0 Å². The molecule has 1 fully saturated rings. The zero-order chi connectivity index (χ0) is 24.2. The molecule has 3 aromatic carbocycles. The standard InChI is InChI=1S/C28H32N2O4/c1-19-11-13-25(33-3)21(16-19)17-29(2)27(31)20-8-7-15-30(18-20)28(32)24-12-14-26(34-4)23-10-6-5-9-22(23)24/h5-6,9-14,16,20H,7-8,15,17-18H2,1-4H3/t20-/m1/s1. The number of carbonyl (C=O) groups is 2. The molecule has 2 amide bonds. The number of likely N-dealkylation sites (tertiary alicyclic amines) is 1. The van der Waals surface area contributed by atoms with Gasteiger partial charge in [-0.05, 0) is 43.4 Å². The highest BCUT2D eigenvalue weighted by atomic mass is 16.5. The van der Waals surface area contributed by atoms with Crippen molar-refractivity contribution < 1.29 is 19.1 Å². The average molecular weight is 461 g/mol. The van der Waals surface area contributed by atoms with Gasteiger partial charge in [-0.1, -0.05) is 42.0 Å². The fourth-order valence-corrected chi connectivity index (χ4v) is 4.85. The normalized spacial score (nSPS) is 15.8. The number of methoxy groups -OCH3 is 2. The minimum absolute atomic E-state index is 0.0423. The summed E-state index contributed by atoms with van der Waals surface area (Å²) >= 11 is 0. The molecule has 0 spiro atoms. The van der Waals surface area contributed by atoms with E-state index in [0.29, 0.717) is 25.2 Å². The third kappa shape index (κ3) is 4.72. The Morgan fingerprint density at radius 2 is 1.71 bits per heavy atom. The van der Waals surface area contributed by atoms with Gasteiger partial charge in [0.25, 0.3) is 5.91 Å². The van der Waals surface area contributed by atoms with E-state index in [1.54, 1.807) is 19.1 Å². The summed E-state index contributed by atoms with van der Waals surface area (Å²) in [7, 11) is 5.10. The molecule has 0 aromatic heterocycles. The maximum absolute atomic E-state index is 13.5. The monoisotopic (exact) mass is 460 g/mol. The van der Waals surface area contributed by atoms with Crippen LogP contribution in [0.3, 0.4) is 0 Å². The Balaban J connectivity index is 1.50. The van der Waals surface area contributed by atoms with E-state index in [9.17, 15) is 9.59 Å². The van der Waals surface area contributed by atoms with Crippen molar-refractivity contribution in [3.8, 4) is 11.5 Å². The van der Waals surface area contributed by atoms with Crippen molar-refractivity contribution in [1.82, 2.24) is 9.80 Å². The summed E-state index contributed by atoms with van der Waals surface area (Å²) in [6, 6.07) is 17.4. The van der Waals surface area contributed by atoms with Gasteiger partial charge in [0.05, 0.1) is 20.1 Å². The van der Waals surface area contributed by atoms with Crippen LogP contribution < -0.4 is 9.47 Å². The third-order valence-electron chi connectivity index (χ3n) is 6.61. The summed E-state index contributed by atoms with van der Waals surface area (Å²) in [5.41, 5.74) is 2.74. The Bertz CT molecular complexity index is 1210. The highest BCUT2D eigenvalue weighted by molar-refractivity contribution is 6.08. The van der Waals surface area contributed by atoms with E-state index < -0.39 is 0 Å². The second kappa shape index (κ2) is 10.2. The van der Waals surface area contributed by atoms with Crippen LogP contribution in [-0.4, -0.2) is 56.0 Å². The lowest BCUT2D eigenvalue weighted by Crippen LogP contribution is -2.45. The molecule has 6 nitrogen and oxygen atoms in total. The number of carbonyl (C=O) groups excluding carboxylic acids is 2. The first-order chi connectivity index (χ1) is 16.4. The van der Waals surface area contributed by atoms with Crippen molar-refractivity contribution in [3.05, 3.63) is 71.3 Å². The Kier molecular flexibility index (Phi) is 7.06. The van der Waals surface area contributed by atoms with E-state index in [4.69, 9.17) is 9.47 Å². The third-order valence-corrected chi connectivity index (χ3v) is 6.61. The van der Waals surface area contributed by atoms with Gasteiger partial charge < -0.3 is 19.3 Å². The lowest BCUT2D eigenvalue weighted by Gasteiger charge is -2.34. The van der Waals surface area contributed by atoms with Crippen LogP contribution in [0.25, 0.3) is 10.8 Å². The first-order valence-corrected chi connectivity index (χ1v) is 11.7. The Morgan fingerprint density at radius 1 is 1.00 bits per heavy atom. The topological polar surface area (TPSA) is 59.1 Å². The smallest absolute Gasteiger partial charge is 0.254 e. The molecule has 4 rings (SSSR count). The largest absolute Gasteiger partial charge is 0.496 e. The van der Waals surface area contributed by atoms with Gasteiger partial charge in [-0.2, -0.15) is 0 Å². The summed E-state index contributed by atoms with van der Waals surface area (Å²) in [6.45, 7) is 3.57. The first-order valence-electron chi connectivity index (χ1n) is 11.7. The van der Waals surface area contributed by atoms with Crippen molar-refractivity contribution in [2.45, 2.75) is 26.3 Å². The Labute approximate surface area is 201 Å². The van der Waals surface area contributed by atoms with Crippen molar-refractivity contribution >= 4 is 22.6 Å². The number of piperidine rings is 1. The van der Waals surface area contributed by atoms with E-state index in [-0.39, 0.29) is 17.7 Å². The number of aryl methyl sites for hydroxylation is 1. The highest BCUT2D eigenvalue weighted by Crippen LogP contribution is 2.30. The van der Waals surface area contributed by atoms with Crippen LogP contribution in [0.2, 0.25) is 0 Å². The molecule has 0 bridgehead atoms. The van der Waals surface area contributed by atoms with Crippen LogP contribution in [0.1, 0.15) is 34.3 Å². The van der Waals surface area contributed by atoms with Crippen LogP contribution >= 0.6 is 0 Å². The van der Waals surface area contributed by atoms with Gasteiger partial charge in [0.1, 0.15) is 11.5 Å². The lowest BCUT2D eigenvalue weighted by molar-refractivity contribution is -0.136. The molecule has 6 heteroatoms. The second-order valence-electron chi connectivity index (χ2n) is 8.96. The van der Waals surface area contributed by atoms with Gasteiger partial charge in [0, 0.05) is 43.2 Å². The van der Waals surface area contributed by atoms with Crippen LogP contribution in [0.4, 0.5) is 0 Å². The van der Waals surface area contributed by atoms with E-state index in [1.807, 2.05) is 73.5 Å². The van der Waals surface area contributed by atoms with Crippen LogP contribution in [0.15, 0.2) is 54.6 Å². The molecule has 0 unspecified atom stereocenters. The summed E-state index contributed by atoms with van der Waals surface area (Å²) in [6.07, 6.45) is 1.58. The van der Waals surface area contributed by atoms with E-state index in [2.05, 4.69) is 0 Å². The predicted octanol–water partition coefficient (Wildman–Crippen LogP) is 4.68. The lowest BCUT2D eigenvalue weighted by atomic mass is 9.95. The Morgan fingerprint density at radius 3 is 2.44 bits per heavy atom. The van der Waals surface area contributed by atoms with Gasteiger partial charge in [0.15, 0.2) is 0 Å². The zero-order valence-corrected chi connectivity index (χ0v) is 20.3. The van der Waals surface area contributed by atoms with E-state index >= 15 is 0 Å². The van der Waals surface area contributed by atoms with Gasteiger partial charge >= 0.3 is 0 Å². The van der Waals surface area contributed by atoms with Crippen LogP contribution in [0, 0.1) is 12.8 Å². The number of amides is 2. The summed E-state index contributed by atoms with van der Waals surface area (Å²) in [5.74, 6) is 1.31. The number of fused-ring (bicyclic) bond motifs is 1. The van der Waals surface area contributed by atoms with Gasteiger partial charge in [0.2, 0.25) is 5.91 Å². The summed E-state index contributed by atoms with van der Waals surface area (Å²) in [5, 5.41) is 1.77. The molecule has 178 valence electrons. The molecule has 1 aliphatic rings. The number of hydrogen-bond acceptors (Lipinski definition) is 4. The first kappa shape index (κ1) is 23.6. The highest BCUT2D eigenvalue weighted by Gasteiger charge is 2.31. The minimum Gasteiger partial charge on any atom is -0.496 e. The minimum atomic E-state index is -0.219.